The first-order valence-corrected chi connectivity index (χ1v) is 26.1. The first kappa shape index (κ1) is 37.3. The summed E-state index contributed by atoms with van der Waals surface area (Å²) in [6, 6.07) is 5.13. The summed E-state index contributed by atoms with van der Waals surface area (Å²) < 4.78 is 38.4. The first-order valence-electron chi connectivity index (χ1n) is 18.7. The van der Waals surface area contributed by atoms with Gasteiger partial charge in [-0.15, -0.1) is 0 Å². The number of imidazole rings is 1. The van der Waals surface area contributed by atoms with Crippen molar-refractivity contribution in [3.05, 3.63) is 29.2 Å². The van der Waals surface area contributed by atoms with Gasteiger partial charge in [-0.25, -0.2) is 14.1 Å². The Bertz CT molecular complexity index is 1690. The van der Waals surface area contributed by atoms with Gasteiger partial charge in [0.25, 0.3) is 0 Å². The van der Waals surface area contributed by atoms with Gasteiger partial charge in [0.05, 0.1) is 24.8 Å². The Labute approximate surface area is 299 Å². The molecule has 50 heavy (non-hydrogen) atoms. The summed E-state index contributed by atoms with van der Waals surface area (Å²) in [7, 11) is -2.57. The number of carbonyl (C=O) groups is 1. The molecule has 3 aromatic rings. The number of carbonyl (C=O) groups excluding carboxylic acids is 1. The zero-order valence-corrected chi connectivity index (χ0v) is 33.9. The molecule has 0 spiro atoms. The van der Waals surface area contributed by atoms with E-state index in [4.69, 9.17) is 24.3 Å². The van der Waals surface area contributed by atoms with Crippen molar-refractivity contribution in [1.82, 2.24) is 24.2 Å². The van der Waals surface area contributed by atoms with Crippen molar-refractivity contribution in [2.45, 2.75) is 111 Å². The van der Waals surface area contributed by atoms with E-state index in [1.165, 1.54) is 23.7 Å². The van der Waals surface area contributed by atoms with Crippen LogP contribution in [0.25, 0.3) is 22.6 Å². The van der Waals surface area contributed by atoms with Crippen LogP contribution in [0.15, 0.2) is 12.1 Å². The van der Waals surface area contributed by atoms with E-state index in [1.54, 1.807) is 4.90 Å². The molecule has 2 aromatic heterocycles. The van der Waals surface area contributed by atoms with E-state index in [0.29, 0.717) is 81.2 Å². The highest BCUT2D eigenvalue weighted by Gasteiger charge is 2.54. The Balaban J connectivity index is 1.39. The van der Waals surface area contributed by atoms with Gasteiger partial charge in [0.1, 0.15) is 24.7 Å². The number of halogens is 1. The first-order chi connectivity index (χ1) is 23.6. The Kier molecular flexibility index (Phi) is 10.9. The second-order valence-corrected chi connectivity index (χ2v) is 28.7. The van der Waals surface area contributed by atoms with Gasteiger partial charge in [-0.3, -0.25) is 14.3 Å². The lowest BCUT2D eigenvalue weighted by Crippen LogP contribution is -2.51. The van der Waals surface area contributed by atoms with Gasteiger partial charge < -0.3 is 19.1 Å². The van der Waals surface area contributed by atoms with Crippen LogP contribution in [0.3, 0.4) is 0 Å². The van der Waals surface area contributed by atoms with Crippen LogP contribution in [0.2, 0.25) is 51.4 Å². The summed E-state index contributed by atoms with van der Waals surface area (Å²) in [5, 5.41) is 5.18. The molecular weight excluding hydrogens is 668 g/mol. The van der Waals surface area contributed by atoms with Crippen LogP contribution >= 0.6 is 0 Å². The molecule has 1 amide bonds. The molecule has 0 N–H and O–H groups in total. The van der Waals surface area contributed by atoms with Gasteiger partial charge in [-0.2, -0.15) is 5.10 Å². The zero-order valence-electron chi connectivity index (χ0n) is 31.9. The molecule has 2 fully saturated rings. The summed E-state index contributed by atoms with van der Waals surface area (Å²) in [5.41, 5.74) is 4.90. The zero-order chi connectivity index (χ0) is 36.0. The van der Waals surface area contributed by atoms with Crippen LogP contribution in [0, 0.1) is 17.2 Å². The maximum Gasteiger partial charge on any atom is 0.244 e. The van der Waals surface area contributed by atoms with Gasteiger partial charge in [-0.1, -0.05) is 46.2 Å². The number of morpholine rings is 1. The van der Waals surface area contributed by atoms with Gasteiger partial charge in [0.15, 0.2) is 11.6 Å². The number of anilines is 1. The number of ether oxygens (including phenoxy) is 3. The van der Waals surface area contributed by atoms with E-state index in [2.05, 4.69) is 51.1 Å². The van der Waals surface area contributed by atoms with Crippen LogP contribution in [0.5, 0.6) is 0 Å². The Hall–Kier alpha value is -2.43. The number of nitrogens with zero attached hydrogens (tertiary/aromatic N) is 6. The molecule has 2 aliphatic carbocycles. The lowest BCUT2D eigenvalue weighted by atomic mass is 9.87. The van der Waals surface area contributed by atoms with E-state index in [1.807, 2.05) is 29.2 Å². The Morgan fingerprint density at radius 2 is 1.74 bits per heavy atom. The average molecular weight is 727 g/mol. The summed E-state index contributed by atoms with van der Waals surface area (Å²) in [6.07, 6.45) is 3.09. The van der Waals surface area contributed by atoms with Gasteiger partial charge in [0, 0.05) is 72.0 Å². The number of hydrogen-bond acceptors (Lipinski definition) is 7. The molecule has 0 bridgehead atoms. The monoisotopic (exact) mass is 726 g/mol. The Morgan fingerprint density at radius 3 is 2.38 bits per heavy atom. The molecule has 6 rings (SSSR count). The Morgan fingerprint density at radius 1 is 1.08 bits per heavy atom. The van der Waals surface area contributed by atoms with Crippen molar-refractivity contribution < 1.29 is 23.4 Å². The fraction of sp³-hybridized carbons (Fsp3) is 0.703. The predicted octanol–water partition coefficient (Wildman–Crippen LogP) is 6.86. The second-order valence-electron chi connectivity index (χ2n) is 17.5. The number of hydrogen-bond donors (Lipinski definition) is 0. The molecule has 0 unspecified atom stereocenters. The average Bonchev–Trinajstić information content (AvgIpc) is 3.41. The van der Waals surface area contributed by atoms with Crippen molar-refractivity contribution >= 4 is 38.8 Å². The number of likely N-dealkylation sites (N-methyl/N-ethyl adjacent to an activating group) is 1. The third kappa shape index (κ3) is 8.12. The maximum absolute atomic E-state index is 16.3. The van der Waals surface area contributed by atoms with E-state index < -0.39 is 22.0 Å². The predicted molar refractivity (Wildman–Crippen MR) is 203 cm³/mol. The molecule has 276 valence electrons. The topological polar surface area (TPSA) is 86.9 Å². The van der Waals surface area contributed by atoms with Crippen LogP contribution in [0.1, 0.15) is 38.4 Å². The van der Waals surface area contributed by atoms with E-state index in [9.17, 15) is 4.79 Å². The molecule has 3 atom stereocenters. The molecule has 1 aliphatic heterocycles. The molecule has 1 saturated heterocycles. The summed E-state index contributed by atoms with van der Waals surface area (Å²) >= 11 is 0. The smallest absolute Gasteiger partial charge is 0.244 e. The molecule has 3 aliphatic rings. The van der Waals surface area contributed by atoms with Crippen LogP contribution in [-0.4, -0.2) is 98.4 Å². The fourth-order valence-electron chi connectivity index (χ4n) is 7.41. The van der Waals surface area contributed by atoms with E-state index in [0.717, 1.165) is 30.6 Å². The van der Waals surface area contributed by atoms with Gasteiger partial charge in [0.2, 0.25) is 5.91 Å². The second kappa shape index (κ2) is 14.5. The van der Waals surface area contributed by atoms with Crippen molar-refractivity contribution in [1.29, 1.82) is 0 Å². The molecule has 3 heterocycles. The normalized spacial score (nSPS) is 21.7. The standard InChI is InChI=1S/C37H59FN6O4Si2/c1-10-42(36(45)26(2)41-11-13-46-14-12-41)28-20-30(38)34-31(21-28)43(24-47-15-17-49(4,5)6)35(39-34)33-29-19-27-22-37(27,3)23-32(29)44(40-33)25-48-16-18-50(7,8)9/h20-21,26-27H,10-19,22-25H2,1-9H3/t26-,27+,37+/m0/s1. The molecule has 1 aromatic carbocycles. The van der Waals surface area contributed by atoms with E-state index >= 15 is 4.39 Å². The number of amides is 1. The molecule has 10 nitrogen and oxygen atoms in total. The minimum atomic E-state index is -1.33. The van der Waals surface area contributed by atoms with E-state index in [-0.39, 0.29) is 24.2 Å². The van der Waals surface area contributed by atoms with Crippen LogP contribution in [-0.2, 0) is 45.3 Å². The highest BCUT2D eigenvalue weighted by Crippen LogP contribution is 2.60. The molecule has 0 radical (unpaired) electrons. The summed E-state index contributed by atoms with van der Waals surface area (Å²) in [5.74, 6) is 0.718. The molecule has 1 saturated carbocycles. The SMILES string of the molecule is CCN(C(=O)[C@H](C)N1CCOCC1)c1cc(F)c2nc(-c3nn(COCC[Si](C)(C)C)c4c3C[C@@H]3C[C@]3(C)C4)n(COCC[Si](C)(C)C)c2c1. The number of fused-ring (bicyclic) bond motifs is 3. The summed E-state index contributed by atoms with van der Waals surface area (Å²) in [4.78, 5) is 22.7. The van der Waals surface area contributed by atoms with Crippen molar-refractivity contribution in [2.75, 3.05) is 51.0 Å². The van der Waals surface area contributed by atoms with Gasteiger partial charge in [-0.05, 0) is 62.6 Å². The minimum absolute atomic E-state index is 0.0553. The van der Waals surface area contributed by atoms with Crippen molar-refractivity contribution in [3.63, 3.8) is 0 Å². The highest BCUT2D eigenvalue weighted by molar-refractivity contribution is 6.76. The highest BCUT2D eigenvalue weighted by atomic mass is 28.3. The largest absolute Gasteiger partial charge is 0.379 e. The van der Waals surface area contributed by atoms with Crippen molar-refractivity contribution in [2.24, 2.45) is 11.3 Å². The molecule has 13 heteroatoms. The number of rotatable bonds is 15. The van der Waals surface area contributed by atoms with Crippen molar-refractivity contribution in [3.8, 4) is 11.5 Å². The minimum Gasteiger partial charge on any atom is -0.379 e. The lowest BCUT2D eigenvalue weighted by Gasteiger charge is -2.34. The van der Waals surface area contributed by atoms with Crippen LogP contribution in [0.4, 0.5) is 10.1 Å². The number of benzene rings is 1. The maximum atomic E-state index is 16.3. The van der Waals surface area contributed by atoms with Gasteiger partial charge >= 0.3 is 0 Å². The lowest BCUT2D eigenvalue weighted by molar-refractivity contribution is -0.124. The number of aromatic nitrogens is 4. The third-order valence-corrected chi connectivity index (χ3v) is 14.4. The molecular formula is C37H59FN6O4Si2. The summed E-state index contributed by atoms with van der Waals surface area (Å²) in [6.45, 7) is 25.3. The van der Waals surface area contributed by atoms with Crippen LogP contribution < -0.4 is 4.90 Å². The third-order valence-electron chi connectivity index (χ3n) is 11.0. The quantitative estimate of drug-likeness (QED) is 0.125. The fourth-order valence-corrected chi connectivity index (χ4v) is 8.92.